The molecule has 0 fully saturated rings. The maximum absolute atomic E-state index is 6.63. The summed E-state index contributed by atoms with van der Waals surface area (Å²) in [7, 11) is 1.89. The summed E-state index contributed by atoms with van der Waals surface area (Å²) in [5.74, 6) is 1.09. The summed E-state index contributed by atoms with van der Waals surface area (Å²) in [5.41, 5.74) is 4.23. The minimum atomic E-state index is 0.337. The molecule has 5 rings (SSSR count). The number of rotatable bonds is 3. The standard InChI is InChI=1S/C20H14ClN7/c1-27-10-9-24-20(27)19-25-18(21)17-16(15-6-2-3-8-23-15)14(12-28(17)26-19)13-5-4-7-22-11-13/h2-12H,1H3. The van der Waals surface area contributed by atoms with Gasteiger partial charge in [-0.15, -0.1) is 5.10 Å². The zero-order valence-corrected chi connectivity index (χ0v) is 15.6. The predicted molar refractivity (Wildman–Crippen MR) is 107 cm³/mol. The van der Waals surface area contributed by atoms with E-state index in [1.165, 1.54) is 0 Å². The minimum absolute atomic E-state index is 0.337. The van der Waals surface area contributed by atoms with Crippen LogP contribution in [0.3, 0.4) is 0 Å². The molecule has 0 N–H and O–H groups in total. The lowest BCUT2D eigenvalue weighted by molar-refractivity contribution is 0.860. The highest BCUT2D eigenvalue weighted by molar-refractivity contribution is 6.33. The average Bonchev–Trinajstić information content (AvgIpc) is 3.33. The second kappa shape index (κ2) is 6.54. The number of pyridine rings is 2. The van der Waals surface area contributed by atoms with Crippen LogP contribution in [0.15, 0.2) is 67.5 Å². The Morgan fingerprint density at radius 1 is 1.00 bits per heavy atom. The van der Waals surface area contributed by atoms with Gasteiger partial charge in [0.15, 0.2) is 11.0 Å². The van der Waals surface area contributed by atoms with Crippen molar-refractivity contribution in [1.29, 1.82) is 0 Å². The molecule has 5 aromatic rings. The molecule has 0 spiro atoms. The van der Waals surface area contributed by atoms with E-state index in [0.717, 1.165) is 22.4 Å². The number of aryl methyl sites for hydroxylation is 1. The van der Waals surface area contributed by atoms with E-state index in [2.05, 4.69) is 25.0 Å². The first-order chi connectivity index (χ1) is 13.7. The van der Waals surface area contributed by atoms with Crippen molar-refractivity contribution >= 4 is 17.1 Å². The summed E-state index contributed by atoms with van der Waals surface area (Å²) in [5, 5.41) is 5.00. The minimum Gasteiger partial charge on any atom is -0.331 e. The van der Waals surface area contributed by atoms with Crippen LogP contribution >= 0.6 is 11.6 Å². The Balaban J connectivity index is 1.84. The van der Waals surface area contributed by atoms with Gasteiger partial charge < -0.3 is 4.57 Å². The second-order valence-electron chi connectivity index (χ2n) is 6.26. The largest absolute Gasteiger partial charge is 0.331 e. The number of aromatic nitrogens is 7. The van der Waals surface area contributed by atoms with Crippen molar-refractivity contribution in [3.8, 4) is 34.0 Å². The van der Waals surface area contributed by atoms with Gasteiger partial charge in [0.2, 0.25) is 5.82 Å². The van der Waals surface area contributed by atoms with E-state index in [1.807, 2.05) is 60.5 Å². The van der Waals surface area contributed by atoms with Gasteiger partial charge in [-0.1, -0.05) is 23.7 Å². The van der Waals surface area contributed by atoms with Gasteiger partial charge in [-0.25, -0.2) is 14.5 Å². The first-order valence-corrected chi connectivity index (χ1v) is 8.98. The van der Waals surface area contributed by atoms with Gasteiger partial charge in [-0.05, 0) is 18.2 Å². The normalized spacial score (nSPS) is 11.2. The molecular formula is C20H14ClN7. The molecule has 0 saturated carbocycles. The first kappa shape index (κ1) is 16.6. The number of imidazole rings is 1. The molecule has 0 amide bonds. The molecule has 0 radical (unpaired) electrons. The molecule has 7 nitrogen and oxygen atoms in total. The van der Waals surface area contributed by atoms with Crippen molar-refractivity contribution in [3.05, 3.63) is 72.7 Å². The Kier molecular flexibility index (Phi) is 3.87. The topological polar surface area (TPSA) is 73.8 Å². The van der Waals surface area contributed by atoms with Crippen LogP contribution in [-0.4, -0.2) is 34.1 Å². The highest BCUT2D eigenvalue weighted by atomic mass is 35.5. The maximum Gasteiger partial charge on any atom is 0.217 e. The lowest BCUT2D eigenvalue weighted by Crippen LogP contribution is -2.02. The predicted octanol–water partition coefficient (Wildman–Crippen LogP) is 3.91. The van der Waals surface area contributed by atoms with Crippen molar-refractivity contribution in [3.63, 3.8) is 0 Å². The van der Waals surface area contributed by atoms with Crippen molar-refractivity contribution < 1.29 is 0 Å². The van der Waals surface area contributed by atoms with Crippen molar-refractivity contribution in [2.45, 2.75) is 0 Å². The number of hydrogen-bond acceptors (Lipinski definition) is 5. The van der Waals surface area contributed by atoms with Crippen LogP contribution in [0, 0.1) is 0 Å². The quantitative estimate of drug-likeness (QED) is 0.469. The molecule has 0 saturated heterocycles. The number of nitrogens with zero attached hydrogens (tertiary/aromatic N) is 7. The Morgan fingerprint density at radius 3 is 2.64 bits per heavy atom. The molecule has 0 aliphatic heterocycles. The zero-order valence-electron chi connectivity index (χ0n) is 14.9. The summed E-state index contributed by atoms with van der Waals surface area (Å²) < 4.78 is 3.59. The second-order valence-corrected chi connectivity index (χ2v) is 6.61. The fourth-order valence-corrected chi connectivity index (χ4v) is 3.49. The smallest absolute Gasteiger partial charge is 0.217 e. The summed E-state index contributed by atoms with van der Waals surface area (Å²) in [6, 6.07) is 9.65. The van der Waals surface area contributed by atoms with Crippen LogP contribution in [0.1, 0.15) is 0 Å². The van der Waals surface area contributed by atoms with Gasteiger partial charge >= 0.3 is 0 Å². The third-order valence-corrected chi connectivity index (χ3v) is 4.77. The molecule has 0 aromatic carbocycles. The molecule has 0 unspecified atom stereocenters. The Morgan fingerprint density at radius 2 is 1.93 bits per heavy atom. The van der Waals surface area contributed by atoms with Gasteiger partial charge in [0.05, 0.1) is 5.69 Å². The van der Waals surface area contributed by atoms with Gasteiger partial charge in [0, 0.05) is 60.9 Å². The summed E-state index contributed by atoms with van der Waals surface area (Å²) in [6.07, 6.45) is 10.8. The third-order valence-electron chi connectivity index (χ3n) is 4.50. The summed E-state index contributed by atoms with van der Waals surface area (Å²) >= 11 is 6.63. The van der Waals surface area contributed by atoms with Crippen LogP contribution in [0.2, 0.25) is 5.15 Å². The highest BCUT2D eigenvalue weighted by Gasteiger charge is 2.21. The monoisotopic (exact) mass is 387 g/mol. The molecule has 5 heterocycles. The van der Waals surface area contributed by atoms with Crippen LogP contribution in [0.4, 0.5) is 0 Å². The molecule has 5 aromatic heterocycles. The average molecular weight is 388 g/mol. The van der Waals surface area contributed by atoms with E-state index >= 15 is 0 Å². The summed E-state index contributed by atoms with van der Waals surface area (Å²) in [4.78, 5) is 17.6. The fourth-order valence-electron chi connectivity index (χ4n) is 3.23. The lowest BCUT2D eigenvalue weighted by Gasteiger charge is -2.06. The molecule has 0 atom stereocenters. The van der Waals surface area contributed by atoms with E-state index in [0.29, 0.717) is 22.3 Å². The molecule has 136 valence electrons. The molecule has 0 aliphatic rings. The SMILES string of the molecule is Cn1ccnc1-c1nc(Cl)c2c(-c3ccccn3)c(-c3cccnc3)cn2n1. The molecular weight excluding hydrogens is 374 g/mol. The lowest BCUT2D eigenvalue weighted by atomic mass is 10.0. The third kappa shape index (κ3) is 2.64. The van der Waals surface area contributed by atoms with E-state index < -0.39 is 0 Å². The number of halogens is 1. The van der Waals surface area contributed by atoms with E-state index in [-0.39, 0.29) is 0 Å². The van der Waals surface area contributed by atoms with E-state index in [9.17, 15) is 0 Å². The van der Waals surface area contributed by atoms with Crippen LogP contribution in [0.25, 0.3) is 39.5 Å². The zero-order chi connectivity index (χ0) is 19.1. The van der Waals surface area contributed by atoms with Crippen molar-refractivity contribution in [1.82, 2.24) is 34.1 Å². The van der Waals surface area contributed by atoms with Crippen LogP contribution in [-0.2, 0) is 7.05 Å². The fraction of sp³-hybridized carbons (Fsp3) is 0.0500. The first-order valence-electron chi connectivity index (χ1n) is 8.61. The van der Waals surface area contributed by atoms with Gasteiger partial charge in [0.25, 0.3) is 0 Å². The highest BCUT2D eigenvalue weighted by Crippen LogP contribution is 2.38. The van der Waals surface area contributed by atoms with Gasteiger partial charge in [-0.3, -0.25) is 9.97 Å². The Bertz CT molecular complexity index is 1280. The maximum atomic E-state index is 6.63. The van der Waals surface area contributed by atoms with Gasteiger partial charge in [-0.2, -0.15) is 0 Å². The Labute approximate surface area is 165 Å². The summed E-state index contributed by atoms with van der Waals surface area (Å²) in [6.45, 7) is 0. The molecule has 8 heteroatoms. The van der Waals surface area contributed by atoms with Crippen molar-refractivity contribution in [2.24, 2.45) is 7.05 Å². The number of hydrogen-bond donors (Lipinski definition) is 0. The number of fused-ring (bicyclic) bond motifs is 1. The van der Waals surface area contributed by atoms with Gasteiger partial charge in [0.1, 0.15) is 5.52 Å². The molecule has 0 bridgehead atoms. The van der Waals surface area contributed by atoms with E-state index in [4.69, 9.17) is 11.6 Å². The van der Waals surface area contributed by atoms with Crippen LogP contribution < -0.4 is 0 Å². The van der Waals surface area contributed by atoms with Crippen LogP contribution in [0.5, 0.6) is 0 Å². The molecule has 28 heavy (non-hydrogen) atoms. The van der Waals surface area contributed by atoms with E-state index in [1.54, 1.807) is 23.1 Å². The van der Waals surface area contributed by atoms with Crippen molar-refractivity contribution in [2.75, 3.05) is 0 Å². The Hall–Kier alpha value is -3.58. The molecule has 0 aliphatic carbocycles.